The zero-order valence-electron chi connectivity index (χ0n) is 11.2. The first-order valence-corrected chi connectivity index (χ1v) is 7.81. The summed E-state index contributed by atoms with van der Waals surface area (Å²) in [7, 11) is 0. The molecule has 2 aromatic heterocycles. The predicted molar refractivity (Wildman–Crippen MR) is 79.8 cm³/mol. The van der Waals surface area contributed by atoms with Crippen LogP contribution in [0.2, 0.25) is 0 Å². The molecule has 0 saturated heterocycles. The number of thiazole rings is 1. The van der Waals surface area contributed by atoms with E-state index in [0.29, 0.717) is 24.3 Å². The van der Waals surface area contributed by atoms with Gasteiger partial charge >= 0.3 is 0 Å². The molecule has 2 heterocycles. The largest absolute Gasteiger partial charge is 0.326 e. The molecule has 0 bridgehead atoms. The number of aromatic nitrogens is 3. The highest BCUT2D eigenvalue weighted by Gasteiger charge is 2.15. The Morgan fingerprint density at radius 2 is 2.10 bits per heavy atom. The molecule has 0 aliphatic carbocycles. The molecule has 7 heteroatoms. The van der Waals surface area contributed by atoms with Gasteiger partial charge in [0.1, 0.15) is 17.2 Å². The number of nitrogens with zero attached hydrogens (tertiary/aromatic N) is 3. The Hall–Kier alpha value is -1.53. The smallest absolute Gasteiger partial charge is 0.153 e. The van der Waals surface area contributed by atoms with E-state index in [4.69, 9.17) is 11.6 Å². The minimum atomic E-state index is -0.667. The van der Waals surface area contributed by atoms with E-state index in [1.54, 1.807) is 15.9 Å². The monoisotopic (exact) mass is 327 g/mol. The van der Waals surface area contributed by atoms with Gasteiger partial charge in [-0.3, -0.25) is 0 Å². The maximum Gasteiger partial charge on any atom is 0.153 e. The van der Waals surface area contributed by atoms with Crippen molar-refractivity contribution in [2.45, 2.75) is 25.8 Å². The van der Waals surface area contributed by atoms with Gasteiger partial charge in [-0.2, -0.15) is 0 Å². The molecule has 110 valence electrons. The number of aryl methyl sites for hydroxylation is 3. The summed E-state index contributed by atoms with van der Waals surface area (Å²) in [6.45, 7) is 2.47. The quantitative estimate of drug-likeness (QED) is 0.676. The van der Waals surface area contributed by atoms with Crippen molar-refractivity contribution in [1.82, 2.24) is 14.5 Å². The van der Waals surface area contributed by atoms with Crippen LogP contribution in [0, 0.1) is 18.6 Å². The molecule has 0 atom stereocenters. The Morgan fingerprint density at radius 3 is 2.76 bits per heavy atom. The molecule has 1 aromatic carbocycles. The third-order valence-electron chi connectivity index (χ3n) is 3.23. The average molecular weight is 328 g/mol. The van der Waals surface area contributed by atoms with E-state index in [2.05, 4.69) is 9.97 Å². The molecule has 3 nitrogen and oxygen atoms in total. The SMILES string of the molecule is Cc1nc(CCn2c(CCl)nc3c(F)cc(F)cc32)cs1. The molecule has 0 saturated carbocycles. The lowest BCUT2D eigenvalue weighted by molar-refractivity contribution is 0.589. The van der Waals surface area contributed by atoms with Gasteiger partial charge in [-0.15, -0.1) is 22.9 Å². The van der Waals surface area contributed by atoms with Crippen LogP contribution in [0.15, 0.2) is 17.5 Å². The molecule has 3 aromatic rings. The third-order valence-corrected chi connectivity index (χ3v) is 4.29. The predicted octanol–water partition coefficient (Wildman–Crippen LogP) is 4.06. The first-order valence-electron chi connectivity index (χ1n) is 6.39. The first kappa shape index (κ1) is 14.4. The summed E-state index contributed by atoms with van der Waals surface area (Å²) in [6, 6.07) is 2.12. The molecule has 0 fully saturated rings. The average Bonchev–Trinajstić information content (AvgIpc) is 3.00. The van der Waals surface area contributed by atoms with Crippen molar-refractivity contribution in [3.8, 4) is 0 Å². The molecule has 0 aliphatic rings. The molecule has 0 radical (unpaired) electrons. The second kappa shape index (κ2) is 5.69. The van der Waals surface area contributed by atoms with Gasteiger partial charge in [-0.1, -0.05) is 0 Å². The van der Waals surface area contributed by atoms with Crippen molar-refractivity contribution in [1.29, 1.82) is 0 Å². The summed E-state index contributed by atoms with van der Waals surface area (Å²) in [6.07, 6.45) is 0.665. The number of alkyl halides is 1. The summed E-state index contributed by atoms with van der Waals surface area (Å²) in [5.74, 6) is -0.610. The van der Waals surface area contributed by atoms with Crippen LogP contribution < -0.4 is 0 Å². The van der Waals surface area contributed by atoms with Gasteiger partial charge < -0.3 is 4.57 Å². The maximum atomic E-state index is 13.8. The summed E-state index contributed by atoms with van der Waals surface area (Å²) in [5.41, 5.74) is 1.54. The second-order valence-electron chi connectivity index (χ2n) is 4.68. The van der Waals surface area contributed by atoms with Gasteiger partial charge in [0.05, 0.1) is 22.1 Å². The number of halogens is 3. The summed E-state index contributed by atoms with van der Waals surface area (Å²) < 4.78 is 29.0. The summed E-state index contributed by atoms with van der Waals surface area (Å²) in [5, 5.41) is 2.98. The summed E-state index contributed by atoms with van der Waals surface area (Å²) >= 11 is 7.45. The van der Waals surface area contributed by atoms with Crippen molar-refractivity contribution in [3.05, 3.63) is 45.7 Å². The zero-order chi connectivity index (χ0) is 15.0. The highest BCUT2D eigenvalue weighted by Crippen LogP contribution is 2.22. The molecular weight excluding hydrogens is 316 g/mol. The Balaban J connectivity index is 1.99. The standard InChI is InChI=1S/C14H12ClF2N3S/c1-8-18-10(7-21-8)2-3-20-12-5-9(16)4-11(17)14(12)19-13(20)6-15/h4-5,7H,2-3,6H2,1H3. The van der Waals surface area contributed by atoms with Gasteiger partial charge in [0, 0.05) is 24.4 Å². The minimum Gasteiger partial charge on any atom is -0.326 e. The van der Waals surface area contributed by atoms with Crippen LogP contribution >= 0.6 is 22.9 Å². The lowest BCUT2D eigenvalue weighted by Crippen LogP contribution is -2.05. The molecule has 0 aliphatic heterocycles. The van der Waals surface area contributed by atoms with Crippen LogP contribution in [-0.2, 0) is 18.8 Å². The third kappa shape index (κ3) is 2.78. The van der Waals surface area contributed by atoms with Gasteiger partial charge in [0.15, 0.2) is 5.82 Å². The zero-order valence-corrected chi connectivity index (χ0v) is 12.8. The first-order chi connectivity index (χ1) is 10.1. The van der Waals surface area contributed by atoms with Crippen molar-refractivity contribution in [2.75, 3.05) is 0 Å². The normalized spacial score (nSPS) is 11.4. The fourth-order valence-electron chi connectivity index (χ4n) is 2.30. The number of hydrogen-bond acceptors (Lipinski definition) is 3. The molecule has 21 heavy (non-hydrogen) atoms. The van der Waals surface area contributed by atoms with Crippen LogP contribution in [0.3, 0.4) is 0 Å². The summed E-state index contributed by atoms with van der Waals surface area (Å²) in [4.78, 5) is 8.55. The second-order valence-corrected chi connectivity index (χ2v) is 6.01. The van der Waals surface area contributed by atoms with Gasteiger partial charge in [0.25, 0.3) is 0 Å². The Labute approximate surface area is 129 Å². The molecule has 0 amide bonds. The van der Waals surface area contributed by atoms with Crippen LogP contribution in [0.1, 0.15) is 16.5 Å². The molecular formula is C14H12ClF2N3S. The van der Waals surface area contributed by atoms with Gasteiger partial charge in [0.2, 0.25) is 0 Å². The Bertz CT molecular complexity index is 797. The number of hydrogen-bond donors (Lipinski definition) is 0. The van der Waals surface area contributed by atoms with E-state index in [9.17, 15) is 8.78 Å². The van der Waals surface area contributed by atoms with E-state index in [1.165, 1.54) is 6.07 Å². The van der Waals surface area contributed by atoms with Crippen molar-refractivity contribution in [3.63, 3.8) is 0 Å². The Kier molecular flexibility index (Phi) is 3.91. The van der Waals surface area contributed by atoms with E-state index < -0.39 is 11.6 Å². The number of rotatable bonds is 4. The fraction of sp³-hybridized carbons (Fsp3) is 0.286. The van der Waals surface area contributed by atoms with E-state index in [1.807, 2.05) is 12.3 Å². The fourth-order valence-corrected chi connectivity index (χ4v) is 3.15. The number of imidazole rings is 1. The lowest BCUT2D eigenvalue weighted by Gasteiger charge is -2.06. The van der Waals surface area contributed by atoms with Gasteiger partial charge in [-0.05, 0) is 13.0 Å². The van der Waals surface area contributed by atoms with E-state index in [0.717, 1.165) is 16.8 Å². The number of benzene rings is 1. The van der Waals surface area contributed by atoms with Crippen LogP contribution in [0.4, 0.5) is 8.78 Å². The molecule has 0 spiro atoms. The highest BCUT2D eigenvalue weighted by molar-refractivity contribution is 7.09. The van der Waals surface area contributed by atoms with Crippen molar-refractivity contribution in [2.24, 2.45) is 0 Å². The number of fused-ring (bicyclic) bond motifs is 1. The van der Waals surface area contributed by atoms with Crippen molar-refractivity contribution >= 4 is 34.0 Å². The lowest BCUT2D eigenvalue weighted by atomic mass is 10.2. The highest BCUT2D eigenvalue weighted by atomic mass is 35.5. The van der Waals surface area contributed by atoms with E-state index in [-0.39, 0.29) is 11.4 Å². The van der Waals surface area contributed by atoms with Crippen molar-refractivity contribution < 1.29 is 8.78 Å². The van der Waals surface area contributed by atoms with Crippen LogP contribution in [0.25, 0.3) is 11.0 Å². The van der Waals surface area contributed by atoms with Crippen LogP contribution in [-0.4, -0.2) is 14.5 Å². The van der Waals surface area contributed by atoms with E-state index >= 15 is 0 Å². The Morgan fingerprint density at radius 1 is 1.29 bits per heavy atom. The topological polar surface area (TPSA) is 30.7 Å². The molecule has 0 unspecified atom stereocenters. The molecule has 3 rings (SSSR count). The van der Waals surface area contributed by atoms with Crippen LogP contribution in [0.5, 0.6) is 0 Å². The maximum absolute atomic E-state index is 13.8. The minimum absolute atomic E-state index is 0.145. The molecule has 0 N–H and O–H groups in total. The van der Waals surface area contributed by atoms with Gasteiger partial charge in [-0.25, -0.2) is 18.7 Å².